The summed E-state index contributed by atoms with van der Waals surface area (Å²) < 4.78 is 16.8. The third-order valence-corrected chi connectivity index (χ3v) is 11.8. The first-order valence-electron chi connectivity index (χ1n) is 27.3. The van der Waals surface area contributed by atoms with Crippen molar-refractivity contribution in [1.29, 1.82) is 0 Å². The van der Waals surface area contributed by atoms with Crippen LogP contribution in [0, 0.1) is 0 Å². The summed E-state index contributed by atoms with van der Waals surface area (Å²) in [4.78, 5) is 38.1. The Balaban J connectivity index is 4.38. The van der Waals surface area contributed by atoms with Gasteiger partial charge in [-0.1, -0.05) is 242 Å². The van der Waals surface area contributed by atoms with Crippen molar-refractivity contribution in [3.8, 4) is 0 Å². The maximum absolute atomic E-state index is 12.8. The molecule has 370 valence electrons. The molecule has 0 bridgehead atoms. The highest BCUT2D eigenvalue weighted by molar-refractivity contribution is 5.71. The van der Waals surface area contributed by atoms with E-state index in [1.165, 1.54) is 135 Å². The van der Waals surface area contributed by atoms with Crippen molar-refractivity contribution in [3.63, 3.8) is 0 Å². The molecule has 6 heteroatoms. The number of hydrogen-bond donors (Lipinski definition) is 0. The first-order chi connectivity index (χ1) is 31.5. The van der Waals surface area contributed by atoms with Crippen molar-refractivity contribution in [2.24, 2.45) is 0 Å². The number of ether oxygens (including phenoxy) is 3. The maximum Gasteiger partial charge on any atom is 0.306 e. The molecule has 0 fully saturated rings. The average molecular weight is 895 g/mol. The molecule has 0 amide bonds. The Labute approximate surface area is 396 Å². The van der Waals surface area contributed by atoms with Crippen LogP contribution >= 0.6 is 0 Å². The van der Waals surface area contributed by atoms with Gasteiger partial charge in [0, 0.05) is 19.3 Å². The lowest BCUT2D eigenvalue weighted by molar-refractivity contribution is -0.167. The number of carbonyl (C=O) groups is 3. The molecule has 64 heavy (non-hydrogen) atoms. The fourth-order valence-corrected chi connectivity index (χ4v) is 7.71. The summed E-state index contributed by atoms with van der Waals surface area (Å²) >= 11 is 0. The molecule has 0 spiro atoms. The summed E-state index contributed by atoms with van der Waals surface area (Å²) in [5.74, 6) is -0.902. The molecule has 0 rings (SSSR count). The Morgan fingerprint density at radius 3 is 1.09 bits per heavy atom. The van der Waals surface area contributed by atoms with Crippen LogP contribution in [0.1, 0.15) is 271 Å². The van der Waals surface area contributed by atoms with E-state index in [9.17, 15) is 14.4 Å². The fourth-order valence-electron chi connectivity index (χ4n) is 7.71. The van der Waals surface area contributed by atoms with Gasteiger partial charge < -0.3 is 14.2 Å². The lowest BCUT2D eigenvalue weighted by Crippen LogP contribution is -2.30. The molecule has 0 aliphatic rings. The van der Waals surface area contributed by atoms with Gasteiger partial charge in [0.15, 0.2) is 6.10 Å². The molecular weight excluding hydrogens is 793 g/mol. The van der Waals surface area contributed by atoms with Gasteiger partial charge in [-0.2, -0.15) is 0 Å². The van der Waals surface area contributed by atoms with Crippen molar-refractivity contribution in [2.45, 2.75) is 277 Å². The van der Waals surface area contributed by atoms with Gasteiger partial charge in [0.25, 0.3) is 0 Å². The van der Waals surface area contributed by atoms with Crippen LogP contribution in [0.4, 0.5) is 0 Å². The predicted molar refractivity (Wildman–Crippen MR) is 275 cm³/mol. The summed E-state index contributed by atoms with van der Waals surface area (Å²) in [7, 11) is 0. The highest BCUT2D eigenvalue weighted by atomic mass is 16.6. The second-order valence-electron chi connectivity index (χ2n) is 18.2. The third-order valence-electron chi connectivity index (χ3n) is 11.8. The minimum absolute atomic E-state index is 0.0832. The van der Waals surface area contributed by atoms with Gasteiger partial charge in [0.2, 0.25) is 0 Å². The Hall–Kier alpha value is -2.89. The molecule has 0 saturated heterocycles. The predicted octanol–water partition coefficient (Wildman–Crippen LogP) is 18.0. The van der Waals surface area contributed by atoms with Crippen molar-refractivity contribution in [2.75, 3.05) is 13.2 Å². The zero-order valence-electron chi connectivity index (χ0n) is 42.3. The van der Waals surface area contributed by atoms with Crippen LogP contribution in [0.2, 0.25) is 0 Å². The fraction of sp³-hybridized carbons (Fsp3) is 0.776. The number of esters is 3. The van der Waals surface area contributed by atoms with Crippen LogP contribution in [0.5, 0.6) is 0 Å². The van der Waals surface area contributed by atoms with E-state index < -0.39 is 6.10 Å². The molecule has 0 saturated carbocycles. The Bertz CT molecular complexity index is 1170. The van der Waals surface area contributed by atoms with E-state index in [1.54, 1.807) is 0 Å². The standard InChI is InChI=1S/C58H102O6/c1-4-7-10-13-16-19-22-25-27-29-31-33-36-39-42-45-48-51-57(60)63-54-55(53-62-56(59)50-47-44-41-38-35-32-24-21-18-15-12-9-6-3)64-58(61)52-49-46-43-40-37-34-30-28-26-23-20-17-14-11-8-5-2/h9,12,15-16,18-19,21,24-25,27,55H,4-8,10-11,13-14,17,20,22-23,26,28-54H2,1-3H3/b12-9-,18-15-,19-16-,24-21-,27-25-. The Kier molecular flexibility index (Phi) is 50.4. The molecule has 0 N–H and O–H groups in total. The van der Waals surface area contributed by atoms with Gasteiger partial charge in [-0.3, -0.25) is 14.4 Å². The summed E-state index contributed by atoms with van der Waals surface area (Å²) in [6.45, 7) is 6.48. The number of allylic oxidation sites excluding steroid dienone is 10. The molecule has 0 aromatic rings. The second kappa shape index (κ2) is 52.7. The smallest absolute Gasteiger partial charge is 0.306 e. The van der Waals surface area contributed by atoms with E-state index >= 15 is 0 Å². The summed E-state index contributed by atoms with van der Waals surface area (Å²) in [6.07, 6.45) is 64.9. The van der Waals surface area contributed by atoms with Crippen molar-refractivity contribution >= 4 is 17.9 Å². The Morgan fingerprint density at radius 1 is 0.344 bits per heavy atom. The minimum atomic E-state index is -0.783. The molecule has 6 nitrogen and oxygen atoms in total. The molecule has 0 heterocycles. The van der Waals surface area contributed by atoms with Gasteiger partial charge in [0.1, 0.15) is 13.2 Å². The zero-order chi connectivity index (χ0) is 46.5. The van der Waals surface area contributed by atoms with Crippen molar-refractivity contribution in [3.05, 3.63) is 60.8 Å². The van der Waals surface area contributed by atoms with Gasteiger partial charge in [-0.15, -0.1) is 0 Å². The first-order valence-corrected chi connectivity index (χ1v) is 27.3. The molecule has 1 atom stereocenters. The molecule has 1 unspecified atom stereocenters. The van der Waals surface area contributed by atoms with Gasteiger partial charge >= 0.3 is 17.9 Å². The van der Waals surface area contributed by atoms with Crippen molar-refractivity contribution < 1.29 is 28.6 Å². The van der Waals surface area contributed by atoms with Crippen molar-refractivity contribution in [1.82, 2.24) is 0 Å². The summed E-state index contributed by atoms with van der Waals surface area (Å²) in [5, 5.41) is 0. The number of carbonyl (C=O) groups excluding carboxylic acids is 3. The first kappa shape index (κ1) is 61.1. The van der Waals surface area contributed by atoms with E-state index in [-0.39, 0.29) is 31.1 Å². The van der Waals surface area contributed by atoms with Crippen LogP contribution in [0.25, 0.3) is 0 Å². The van der Waals surface area contributed by atoms with Crippen LogP contribution in [0.3, 0.4) is 0 Å². The SMILES string of the molecule is CC\C=C/C=C\C=C/CCCCCCCC(=O)OCC(COC(=O)CCCCCCCCC/C=C\C/C=C\CCCCC)OC(=O)CCCCCCCCCCCCCCCCCC. The molecule has 0 aromatic carbocycles. The lowest BCUT2D eigenvalue weighted by atomic mass is 10.0. The van der Waals surface area contributed by atoms with Gasteiger partial charge in [-0.25, -0.2) is 0 Å². The van der Waals surface area contributed by atoms with Gasteiger partial charge in [0.05, 0.1) is 0 Å². The molecule has 0 radical (unpaired) electrons. The largest absolute Gasteiger partial charge is 0.462 e. The molecule has 0 aliphatic carbocycles. The Morgan fingerprint density at radius 2 is 0.672 bits per heavy atom. The maximum atomic E-state index is 12.8. The zero-order valence-corrected chi connectivity index (χ0v) is 42.3. The number of unbranched alkanes of at least 4 members (excludes halogenated alkanes) is 30. The van der Waals surface area contributed by atoms with Gasteiger partial charge in [-0.05, 0) is 70.6 Å². The van der Waals surface area contributed by atoms with E-state index in [1.807, 2.05) is 0 Å². The van der Waals surface area contributed by atoms with E-state index in [0.717, 1.165) is 96.3 Å². The normalized spacial score (nSPS) is 12.5. The quantitative estimate of drug-likeness (QED) is 0.0199. The lowest BCUT2D eigenvalue weighted by Gasteiger charge is -2.18. The molecule has 0 aromatic heterocycles. The number of hydrogen-bond acceptors (Lipinski definition) is 6. The van der Waals surface area contributed by atoms with E-state index in [0.29, 0.717) is 19.3 Å². The van der Waals surface area contributed by atoms with Crippen LogP contribution in [-0.2, 0) is 28.6 Å². The average Bonchev–Trinajstić information content (AvgIpc) is 3.29. The number of rotatable bonds is 49. The molecule has 0 aliphatic heterocycles. The summed E-state index contributed by atoms with van der Waals surface area (Å²) in [6, 6.07) is 0. The van der Waals surface area contributed by atoms with Crippen LogP contribution in [0.15, 0.2) is 60.8 Å². The topological polar surface area (TPSA) is 78.9 Å². The van der Waals surface area contributed by atoms with Crippen LogP contribution < -0.4 is 0 Å². The van der Waals surface area contributed by atoms with E-state index in [2.05, 4.69) is 81.5 Å². The summed E-state index contributed by atoms with van der Waals surface area (Å²) in [5.41, 5.74) is 0. The monoisotopic (exact) mass is 895 g/mol. The highest BCUT2D eigenvalue weighted by Gasteiger charge is 2.19. The third kappa shape index (κ3) is 50.1. The second-order valence-corrected chi connectivity index (χ2v) is 18.2. The highest BCUT2D eigenvalue weighted by Crippen LogP contribution is 2.16. The van der Waals surface area contributed by atoms with E-state index in [4.69, 9.17) is 14.2 Å². The van der Waals surface area contributed by atoms with Crippen LogP contribution in [-0.4, -0.2) is 37.2 Å². The molecular formula is C58H102O6. The minimum Gasteiger partial charge on any atom is -0.462 e.